The van der Waals surface area contributed by atoms with Gasteiger partial charge in [-0.15, -0.1) is 10.2 Å². The van der Waals surface area contributed by atoms with Gasteiger partial charge in [0.2, 0.25) is 11.0 Å². The molecule has 0 radical (unpaired) electrons. The maximum atomic E-state index is 12.1. The van der Waals surface area contributed by atoms with Crippen molar-refractivity contribution < 1.29 is 9.53 Å². The molecule has 1 saturated heterocycles. The van der Waals surface area contributed by atoms with Crippen molar-refractivity contribution in [3.05, 3.63) is 0 Å². The van der Waals surface area contributed by atoms with Crippen molar-refractivity contribution in [1.29, 1.82) is 0 Å². The lowest BCUT2D eigenvalue weighted by Gasteiger charge is -2.29. The Morgan fingerprint density at radius 2 is 2.17 bits per heavy atom. The topological polar surface area (TPSA) is 76.1 Å². The Balaban J connectivity index is 1.37. The third-order valence-electron chi connectivity index (χ3n) is 4.70. The maximum absolute atomic E-state index is 12.1. The Labute approximate surface area is 151 Å². The van der Waals surface area contributed by atoms with Gasteiger partial charge in [0.25, 0.3) is 0 Å². The summed E-state index contributed by atoms with van der Waals surface area (Å²) in [6.45, 7) is 3.87. The Hall–Kier alpha value is -0.860. The van der Waals surface area contributed by atoms with Crippen molar-refractivity contribution in [3.63, 3.8) is 0 Å². The molecule has 1 aliphatic carbocycles. The molecule has 0 aromatic carbocycles. The number of rotatable bonds is 7. The summed E-state index contributed by atoms with van der Waals surface area (Å²) in [5, 5.41) is 15.5. The average molecular weight is 371 g/mol. The average Bonchev–Trinajstić information content (AvgIpc) is 3.25. The van der Waals surface area contributed by atoms with E-state index in [0.29, 0.717) is 17.7 Å². The van der Waals surface area contributed by atoms with Crippen LogP contribution in [0.15, 0.2) is 4.34 Å². The third kappa shape index (κ3) is 5.32. The van der Waals surface area contributed by atoms with Crippen molar-refractivity contribution in [1.82, 2.24) is 15.5 Å². The highest BCUT2D eigenvalue weighted by Crippen LogP contribution is 2.27. The van der Waals surface area contributed by atoms with Crippen molar-refractivity contribution >= 4 is 34.1 Å². The molecule has 2 aliphatic rings. The Morgan fingerprint density at radius 3 is 2.96 bits per heavy atom. The first kappa shape index (κ1) is 17.9. The van der Waals surface area contributed by atoms with Crippen LogP contribution in [0.1, 0.15) is 45.4 Å². The van der Waals surface area contributed by atoms with Crippen LogP contribution in [0.3, 0.4) is 0 Å². The predicted molar refractivity (Wildman–Crippen MR) is 97.7 cm³/mol. The number of aromatic nitrogens is 2. The number of anilines is 1. The second-order valence-corrected chi connectivity index (χ2v) is 8.81. The fourth-order valence-corrected chi connectivity index (χ4v) is 4.82. The van der Waals surface area contributed by atoms with E-state index in [1.165, 1.54) is 42.4 Å². The summed E-state index contributed by atoms with van der Waals surface area (Å²) < 4.78 is 6.41. The smallest absolute Gasteiger partial charge is 0.230 e. The molecular formula is C16H26N4O2S2. The molecule has 2 heterocycles. The first-order valence-corrected chi connectivity index (χ1v) is 10.6. The minimum atomic E-state index is 0.0998. The largest absolute Gasteiger partial charge is 0.376 e. The highest BCUT2D eigenvalue weighted by atomic mass is 32.2. The predicted octanol–water partition coefficient (Wildman–Crippen LogP) is 2.92. The number of hydrogen-bond acceptors (Lipinski definition) is 7. The van der Waals surface area contributed by atoms with Crippen LogP contribution in [0.2, 0.25) is 0 Å². The van der Waals surface area contributed by atoms with Crippen molar-refractivity contribution in [2.24, 2.45) is 5.92 Å². The fraction of sp³-hybridized carbons (Fsp3) is 0.812. The van der Waals surface area contributed by atoms with E-state index in [-0.39, 0.29) is 12.0 Å². The van der Waals surface area contributed by atoms with Gasteiger partial charge in [-0.05, 0) is 31.6 Å². The summed E-state index contributed by atoms with van der Waals surface area (Å²) in [5.41, 5.74) is 0. The summed E-state index contributed by atoms with van der Waals surface area (Å²) in [6, 6.07) is 0.338. The van der Waals surface area contributed by atoms with Crippen LogP contribution in [0.25, 0.3) is 0 Å². The Morgan fingerprint density at radius 1 is 1.29 bits per heavy atom. The van der Waals surface area contributed by atoms with Crippen LogP contribution in [-0.2, 0) is 9.53 Å². The van der Waals surface area contributed by atoms with E-state index in [2.05, 4.69) is 27.8 Å². The number of thioether (sulfide) groups is 1. The first-order chi connectivity index (χ1) is 11.7. The number of nitrogens with one attached hydrogen (secondary N) is 2. The molecule has 1 aromatic heterocycles. The first-order valence-electron chi connectivity index (χ1n) is 8.82. The summed E-state index contributed by atoms with van der Waals surface area (Å²) in [7, 11) is 0. The standard InChI is InChI=1S/C16H26N4O2S2/c1-11-5-2-3-7-13(11)18-14(21)10-23-16-20-19-15(24-16)17-9-12-6-4-8-22-12/h11-13H,2-10H2,1H3,(H,17,19)(H,18,21)/t11-,12-,13-/m1/s1. The molecule has 8 heteroatoms. The number of ether oxygens (including phenoxy) is 1. The van der Waals surface area contributed by atoms with Gasteiger partial charge in [0.1, 0.15) is 0 Å². The van der Waals surface area contributed by atoms with Gasteiger partial charge in [0.15, 0.2) is 4.34 Å². The van der Waals surface area contributed by atoms with Crippen LogP contribution >= 0.6 is 23.1 Å². The zero-order valence-electron chi connectivity index (χ0n) is 14.1. The number of nitrogens with zero attached hydrogens (tertiary/aromatic N) is 2. The number of carbonyl (C=O) groups excluding carboxylic acids is 1. The van der Waals surface area contributed by atoms with E-state index >= 15 is 0 Å². The van der Waals surface area contributed by atoms with E-state index in [1.54, 1.807) is 0 Å². The van der Waals surface area contributed by atoms with Crippen molar-refractivity contribution in [3.8, 4) is 0 Å². The molecular weight excluding hydrogens is 344 g/mol. The van der Waals surface area contributed by atoms with Crippen LogP contribution in [-0.4, -0.2) is 47.2 Å². The highest BCUT2D eigenvalue weighted by Gasteiger charge is 2.23. The monoisotopic (exact) mass is 370 g/mol. The second kappa shape index (κ2) is 9.01. The molecule has 0 bridgehead atoms. The molecule has 3 rings (SSSR count). The molecule has 1 saturated carbocycles. The van der Waals surface area contributed by atoms with Crippen LogP contribution in [0.4, 0.5) is 5.13 Å². The zero-order valence-corrected chi connectivity index (χ0v) is 15.8. The summed E-state index contributed by atoms with van der Waals surface area (Å²) in [5.74, 6) is 1.09. The summed E-state index contributed by atoms with van der Waals surface area (Å²) in [6.07, 6.45) is 7.36. The van der Waals surface area contributed by atoms with Gasteiger partial charge in [-0.2, -0.15) is 0 Å². The minimum Gasteiger partial charge on any atom is -0.376 e. The van der Waals surface area contributed by atoms with E-state index < -0.39 is 0 Å². The second-order valence-electron chi connectivity index (χ2n) is 6.61. The van der Waals surface area contributed by atoms with Gasteiger partial charge >= 0.3 is 0 Å². The maximum Gasteiger partial charge on any atom is 0.230 e. The van der Waals surface area contributed by atoms with E-state index in [4.69, 9.17) is 4.74 Å². The molecule has 0 spiro atoms. The number of amides is 1. The summed E-state index contributed by atoms with van der Waals surface area (Å²) in [4.78, 5) is 12.1. The Kier molecular flexibility index (Phi) is 6.74. The minimum absolute atomic E-state index is 0.0998. The van der Waals surface area contributed by atoms with Crippen molar-refractivity contribution in [2.45, 2.75) is 61.9 Å². The van der Waals surface area contributed by atoms with E-state index in [1.807, 2.05) is 0 Å². The van der Waals surface area contributed by atoms with Gasteiger partial charge in [0.05, 0.1) is 11.9 Å². The van der Waals surface area contributed by atoms with Gasteiger partial charge in [-0.3, -0.25) is 4.79 Å². The number of hydrogen-bond donors (Lipinski definition) is 2. The molecule has 3 atom stereocenters. The molecule has 1 aromatic rings. The van der Waals surface area contributed by atoms with Crippen molar-refractivity contribution in [2.75, 3.05) is 24.2 Å². The summed E-state index contributed by atoms with van der Waals surface area (Å²) >= 11 is 2.96. The van der Waals surface area contributed by atoms with Crippen LogP contribution in [0.5, 0.6) is 0 Å². The quantitative estimate of drug-likeness (QED) is 0.719. The lowest BCUT2D eigenvalue weighted by Crippen LogP contribution is -2.41. The molecule has 2 N–H and O–H groups in total. The SMILES string of the molecule is C[C@@H]1CCCC[C@H]1NC(=O)CSc1nnc(NC[C@H]2CCCO2)s1. The van der Waals surface area contributed by atoms with Crippen LogP contribution < -0.4 is 10.6 Å². The normalized spacial score (nSPS) is 27.1. The lowest BCUT2D eigenvalue weighted by molar-refractivity contribution is -0.119. The molecule has 6 nitrogen and oxygen atoms in total. The molecule has 0 unspecified atom stereocenters. The third-order valence-corrected chi connectivity index (χ3v) is 6.71. The Bertz CT molecular complexity index is 534. The zero-order chi connectivity index (χ0) is 16.8. The fourth-order valence-electron chi connectivity index (χ4n) is 3.25. The molecule has 2 fully saturated rings. The van der Waals surface area contributed by atoms with E-state index in [9.17, 15) is 4.79 Å². The highest BCUT2D eigenvalue weighted by molar-refractivity contribution is 8.01. The van der Waals surface area contributed by atoms with Gasteiger partial charge in [0, 0.05) is 19.2 Å². The van der Waals surface area contributed by atoms with Crippen LogP contribution in [0, 0.1) is 5.92 Å². The molecule has 1 amide bonds. The van der Waals surface area contributed by atoms with Gasteiger partial charge in [-0.1, -0.05) is 42.9 Å². The molecule has 134 valence electrons. The van der Waals surface area contributed by atoms with Gasteiger partial charge < -0.3 is 15.4 Å². The van der Waals surface area contributed by atoms with E-state index in [0.717, 1.165) is 41.9 Å². The molecule has 24 heavy (non-hydrogen) atoms. The van der Waals surface area contributed by atoms with Gasteiger partial charge in [-0.25, -0.2) is 0 Å². The lowest BCUT2D eigenvalue weighted by atomic mass is 9.86. The number of carbonyl (C=O) groups is 1. The molecule has 1 aliphatic heterocycles.